The predicted molar refractivity (Wildman–Crippen MR) is 135 cm³/mol. The minimum atomic E-state index is 0.565. The Kier molecular flexibility index (Phi) is 8.17. The van der Waals surface area contributed by atoms with Crippen LogP contribution in [0.15, 0.2) is 36.4 Å². The first kappa shape index (κ1) is 23.8. The van der Waals surface area contributed by atoms with Gasteiger partial charge < -0.3 is 24.3 Å². The molecule has 3 aromatic rings. The van der Waals surface area contributed by atoms with Crippen molar-refractivity contribution >= 4 is 29.0 Å². The van der Waals surface area contributed by atoms with Crippen molar-refractivity contribution in [3.05, 3.63) is 47.7 Å². The molecule has 0 aliphatic carbocycles. The fourth-order valence-electron chi connectivity index (χ4n) is 3.97. The van der Waals surface area contributed by atoms with Crippen molar-refractivity contribution in [3.63, 3.8) is 0 Å². The molecule has 1 aromatic heterocycles. The highest BCUT2D eigenvalue weighted by molar-refractivity contribution is 5.82. The molecule has 180 valence electrons. The molecule has 1 saturated heterocycles. The van der Waals surface area contributed by atoms with Crippen molar-refractivity contribution in [2.75, 3.05) is 66.0 Å². The zero-order valence-electron chi connectivity index (χ0n) is 20.0. The van der Waals surface area contributed by atoms with Crippen LogP contribution < -0.4 is 19.5 Å². The molecule has 0 spiro atoms. The van der Waals surface area contributed by atoms with Crippen LogP contribution in [0.4, 0.5) is 5.82 Å². The minimum Gasteiger partial charge on any atom is -0.493 e. The highest BCUT2D eigenvalue weighted by atomic mass is 16.5. The van der Waals surface area contributed by atoms with Gasteiger partial charge in [0, 0.05) is 19.6 Å². The monoisotopic (exact) mass is 464 g/mol. The van der Waals surface area contributed by atoms with Gasteiger partial charge in [0.05, 0.1) is 45.6 Å². The number of anilines is 1. The van der Waals surface area contributed by atoms with Crippen molar-refractivity contribution < 1.29 is 18.9 Å². The number of benzene rings is 2. The lowest BCUT2D eigenvalue weighted by Crippen LogP contribution is -2.37. The molecule has 0 saturated carbocycles. The maximum absolute atomic E-state index is 5.48. The summed E-state index contributed by atoms with van der Waals surface area (Å²) in [4.78, 5) is 12.1. The molecule has 0 amide bonds. The average molecular weight is 465 g/mol. The van der Waals surface area contributed by atoms with Crippen molar-refractivity contribution in [2.24, 2.45) is 0 Å². The van der Waals surface area contributed by atoms with E-state index in [1.165, 1.54) is 0 Å². The summed E-state index contributed by atoms with van der Waals surface area (Å²) in [6, 6.07) is 11.7. The van der Waals surface area contributed by atoms with Crippen LogP contribution in [-0.2, 0) is 4.74 Å². The van der Waals surface area contributed by atoms with E-state index in [-0.39, 0.29) is 0 Å². The summed E-state index contributed by atoms with van der Waals surface area (Å²) >= 11 is 0. The quantitative estimate of drug-likeness (QED) is 0.452. The number of aromatic nitrogens is 2. The van der Waals surface area contributed by atoms with Crippen molar-refractivity contribution in [1.29, 1.82) is 0 Å². The molecule has 4 rings (SSSR count). The van der Waals surface area contributed by atoms with Gasteiger partial charge in [-0.05, 0) is 48.9 Å². The molecule has 8 heteroatoms. The van der Waals surface area contributed by atoms with Gasteiger partial charge in [-0.15, -0.1) is 0 Å². The number of nitrogens with zero attached hydrogens (tertiary/aromatic N) is 3. The van der Waals surface area contributed by atoms with E-state index in [0.29, 0.717) is 17.2 Å². The smallest absolute Gasteiger partial charge is 0.203 e. The first-order valence-corrected chi connectivity index (χ1v) is 11.5. The van der Waals surface area contributed by atoms with E-state index >= 15 is 0 Å². The summed E-state index contributed by atoms with van der Waals surface area (Å²) in [7, 11) is 4.81. The number of para-hydroxylation sites is 2. The molecule has 0 atom stereocenters. The van der Waals surface area contributed by atoms with Gasteiger partial charge in [0.2, 0.25) is 5.75 Å². The highest BCUT2D eigenvalue weighted by Crippen LogP contribution is 2.38. The maximum atomic E-state index is 5.48. The van der Waals surface area contributed by atoms with Crippen LogP contribution in [0.25, 0.3) is 23.2 Å². The summed E-state index contributed by atoms with van der Waals surface area (Å²) in [6.45, 7) is 5.49. The average Bonchev–Trinajstić information content (AvgIpc) is 2.89. The van der Waals surface area contributed by atoms with E-state index in [1.807, 2.05) is 48.6 Å². The standard InChI is InChI=1S/C26H32N4O4/c1-31-23-17-19(18-24(32-2)25(23)33-3)9-10-22-26(29-21-8-5-4-7-20(21)28-22)27-11-6-12-30-13-15-34-16-14-30/h4-5,7-10,17-18H,6,11-16H2,1-3H3,(H,27,29)/b10-9+. The zero-order valence-corrected chi connectivity index (χ0v) is 20.0. The van der Waals surface area contributed by atoms with Gasteiger partial charge in [-0.25, -0.2) is 9.97 Å². The Bertz CT molecular complexity index is 1100. The molecule has 1 N–H and O–H groups in total. The Morgan fingerprint density at radius 2 is 1.62 bits per heavy atom. The first-order valence-electron chi connectivity index (χ1n) is 11.5. The molecular formula is C26H32N4O4. The Morgan fingerprint density at radius 1 is 0.941 bits per heavy atom. The molecular weight excluding hydrogens is 432 g/mol. The number of ether oxygens (including phenoxy) is 4. The first-order chi connectivity index (χ1) is 16.7. The summed E-state index contributed by atoms with van der Waals surface area (Å²) in [6.07, 6.45) is 4.96. The van der Waals surface area contributed by atoms with Crippen molar-refractivity contribution in [3.8, 4) is 17.2 Å². The Balaban J connectivity index is 1.55. The van der Waals surface area contributed by atoms with Gasteiger partial charge in [-0.2, -0.15) is 0 Å². The second kappa shape index (κ2) is 11.7. The SMILES string of the molecule is COc1cc(/C=C/c2nc3ccccc3nc2NCCCN2CCOCC2)cc(OC)c1OC. The zero-order chi connectivity index (χ0) is 23.8. The van der Waals surface area contributed by atoms with Gasteiger partial charge in [0.1, 0.15) is 5.69 Å². The maximum Gasteiger partial charge on any atom is 0.203 e. The highest BCUT2D eigenvalue weighted by Gasteiger charge is 2.13. The van der Waals surface area contributed by atoms with Crippen molar-refractivity contribution in [1.82, 2.24) is 14.9 Å². The fraction of sp³-hybridized carbons (Fsp3) is 0.385. The number of hydrogen-bond donors (Lipinski definition) is 1. The lowest BCUT2D eigenvalue weighted by molar-refractivity contribution is 0.0378. The summed E-state index contributed by atoms with van der Waals surface area (Å²) in [5.41, 5.74) is 3.40. The van der Waals surface area contributed by atoms with Crippen LogP contribution in [0.1, 0.15) is 17.7 Å². The van der Waals surface area contributed by atoms with E-state index in [2.05, 4.69) is 10.2 Å². The number of methoxy groups -OCH3 is 3. The molecule has 34 heavy (non-hydrogen) atoms. The van der Waals surface area contributed by atoms with E-state index in [4.69, 9.17) is 28.9 Å². The fourth-order valence-corrected chi connectivity index (χ4v) is 3.97. The van der Waals surface area contributed by atoms with Crippen LogP contribution in [0.5, 0.6) is 17.2 Å². The van der Waals surface area contributed by atoms with Crippen LogP contribution in [-0.4, -0.2) is 75.6 Å². The number of fused-ring (bicyclic) bond motifs is 1. The van der Waals surface area contributed by atoms with Crippen molar-refractivity contribution in [2.45, 2.75) is 6.42 Å². The van der Waals surface area contributed by atoms with Gasteiger partial charge in [-0.1, -0.05) is 18.2 Å². The summed E-state index contributed by atoms with van der Waals surface area (Å²) < 4.78 is 21.8. The largest absolute Gasteiger partial charge is 0.493 e. The summed E-state index contributed by atoms with van der Waals surface area (Å²) in [5.74, 6) is 2.54. The molecule has 1 aliphatic rings. The molecule has 1 aliphatic heterocycles. The van der Waals surface area contributed by atoms with E-state index in [0.717, 1.165) is 73.9 Å². The van der Waals surface area contributed by atoms with Gasteiger partial charge >= 0.3 is 0 Å². The Labute approximate surface area is 200 Å². The minimum absolute atomic E-state index is 0.565. The number of rotatable bonds is 10. The van der Waals surface area contributed by atoms with Gasteiger partial charge in [-0.3, -0.25) is 4.90 Å². The normalized spacial score (nSPS) is 14.4. The predicted octanol–water partition coefficient (Wildman–Crippen LogP) is 3.96. The molecule has 2 heterocycles. The molecule has 1 fully saturated rings. The van der Waals surface area contributed by atoms with E-state index < -0.39 is 0 Å². The number of hydrogen-bond acceptors (Lipinski definition) is 8. The second-order valence-electron chi connectivity index (χ2n) is 7.97. The van der Waals surface area contributed by atoms with Crippen LogP contribution in [0.3, 0.4) is 0 Å². The molecule has 8 nitrogen and oxygen atoms in total. The van der Waals surface area contributed by atoms with Crippen LogP contribution >= 0.6 is 0 Å². The van der Waals surface area contributed by atoms with E-state index in [1.54, 1.807) is 21.3 Å². The molecule has 2 aromatic carbocycles. The third-order valence-corrected chi connectivity index (χ3v) is 5.77. The topological polar surface area (TPSA) is 78.0 Å². The van der Waals surface area contributed by atoms with E-state index in [9.17, 15) is 0 Å². The molecule has 0 radical (unpaired) electrons. The van der Waals surface area contributed by atoms with Crippen LogP contribution in [0, 0.1) is 0 Å². The Hall–Kier alpha value is -3.36. The summed E-state index contributed by atoms with van der Waals surface area (Å²) in [5, 5.41) is 3.49. The number of morpholine rings is 1. The van der Waals surface area contributed by atoms with Crippen LogP contribution in [0.2, 0.25) is 0 Å². The lowest BCUT2D eigenvalue weighted by Gasteiger charge is -2.26. The third-order valence-electron chi connectivity index (χ3n) is 5.77. The number of nitrogens with one attached hydrogen (secondary N) is 1. The third kappa shape index (κ3) is 5.76. The van der Waals surface area contributed by atoms with Gasteiger partial charge in [0.15, 0.2) is 17.3 Å². The second-order valence-corrected chi connectivity index (χ2v) is 7.97. The lowest BCUT2D eigenvalue weighted by atomic mass is 10.1. The molecule has 0 unspecified atom stereocenters. The van der Waals surface area contributed by atoms with Gasteiger partial charge in [0.25, 0.3) is 0 Å². The Morgan fingerprint density at radius 3 is 2.26 bits per heavy atom. The molecule has 0 bridgehead atoms.